The number of ether oxygens (including phenoxy) is 1. The van der Waals surface area contributed by atoms with Gasteiger partial charge in [0.2, 0.25) is 11.8 Å². The molecule has 0 saturated carbocycles. The molecule has 2 amide bonds. The molecule has 4 rings (SSSR count). The Balaban J connectivity index is 1.71. The number of primary amides is 1. The summed E-state index contributed by atoms with van der Waals surface area (Å²) in [5, 5.41) is 3.10. The molecule has 218 valence electrons. The second-order valence-electron chi connectivity index (χ2n) is 10.7. The van der Waals surface area contributed by atoms with E-state index >= 15 is 0 Å². The van der Waals surface area contributed by atoms with Gasteiger partial charge in [-0.15, -0.1) is 0 Å². The van der Waals surface area contributed by atoms with E-state index in [1.807, 2.05) is 0 Å². The molecule has 1 unspecified atom stereocenters. The van der Waals surface area contributed by atoms with Crippen LogP contribution in [0.25, 0.3) is 0 Å². The van der Waals surface area contributed by atoms with Crippen molar-refractivity contribution in [3.8, 4) is 0 Å². The van der Waals surface area contributed by atoms with Gasteiger partial charge in [-0.3, -0.25) is 14.9 Å². The third-order valence-corrected chi connectivity index (χ3v) is 7.51. The SMILES string of the molecule is C[C@@H](O[C@H]1CN2C(=O)CC(NC(C)(C)C(N)=O)[C@H]2[C@@H]1c1ccc(F)cc1)c1cc(C(F)(F)F)cc(C(F)(F)F)c1. The molecule has 0 aromatic heterocycles. The molecule has 2 aliphatic heterocycles. The maximum Gasteiger partial charge on any atom is 0.416 e. The summed E-state index contributed by atoms with van der Waals surface area (Å²) < 4.78 is 100. The molecule has 0 aliphatic carbocycles. The topological polar surface area (TPSA) is 84.7 Å². The smallest absolute Gasteiger partial charge is 0.368 e. The minimum Gasteiger partial charge on any atom is -0.368 e. The minimum atomic E-state index is -5.03. The average Bonchev–Trinajstić information content (AvgIpc) is 3.34. The molecule has 0 radical (unpaired) electrons. The summed E-state index contributed by atoms with van der Waals surface area (Å²) >= 11 is 0. The van der Waals surface area contributed by atoms with E-state index in [0.29, 0.717) is 17.7 Å². The van der Waals surface area contributed by atoms with Crippen molar-refractivity contribution in [3.63, 3.8) is 0 Å². The number of hydrogen-bond donors (Lipinski definition) is 2. The van der Waals surface area contributed by atoms with Gasteiger partial charge in [-0.1, -0.05) is 12.1 Å². The molecular formula is C27H28F7N3O3. The fraction of sp³-hybridized carbons (Fsp3) is 0.481. The third-order valence-electron chi connectivity index (χ3n) is 7.51. The highest BCUT2D eigenvalue weighted by molar-refractivity contribution is 5.85. The van der Waals surface area contributed by atoms with Crippen LogP contribution < -0.4 is 11.1 Å². The molecule has 2 aromatic rings. The predicted octanol–water partition coefficient (Wildman–Crippen LogP) is 4.93. The lowest BCUT2D eigenvalue weighted by atomic mass is 9.85. The number of nitrogens with one attached hydrogen (secondary N) is 1. The van der Waals surface area contributed by atoms with E-state index in [1.54, 1.807) is 13.8 Å². The average molecular weight is 576 g/mol. The number of carbonyl (C=O) groups excluding carboxylic acids is 2. The zero-order valence-corrected chi connectivity index (χ0v) is 21.7. The first-order chi connectivity index (χ1) is 18.4. The molecule has 6 nitrogen and oxygen atoms in total. The first-order valence-electron chi connectivity index (χ1n) is 12.5. The van der Waals surface area contributed by atoms with Crippen molar-refractivity contribution in [2.45, 2.75) is 75.3 Å². The summed E-state index contributed by atoms with van der Waals surface area (Å²) in [6.45, 7) is 4.41. The molecule has 2 aliphatic rings. The Labute approximate surface area is 225 Å². The molecule has 2 aromatic carbocycles. The molecule has 2 fully saturated rings. The Bertz CT molecular complexity index is 1250. The Morgan fingerprint density at radius 3 is 2.08 bits per heavy atom. The maximum atomic E-state index is 13.7. The second-order valence-corrected chi connectivity index (χ2v) is 10.7. The first kappa shape index (κ1) is 29.8. The Morgan fingerprint density at radius 1 is 1.02 bits per heavy atom. The highest BCUT2D eigenvalue weighted by atomic mass is 19.4. The summed E-state index contributed by atoms with van der Waals surface area (Å²) in [4.78, 5) is 26.4. The minimum absolute atomic E-state index is 0.0177. The van der Waals surface area contributed by atoms with Crippen molar-refractivity contribution in [1.82, 2.24) is 10.2 Å². The van der Waals surface area contributed by atoms with Crippen molar-refractivity contribution in [2.75, 3.05) is 6.54 Å². The monoisotopic (exact) mass is 575 g/mol. The van der Waals surface area contributed by atoms with Crippen LogP contribution in [0.5, 0.6) is 0 Å². The highest BCUT2D eigenvalue weighted by Gasteiger charge is 2.55. The number of nitrogens with zero attached hydrogens (tertiary/aromatic N) is 1. The van der Waals surface area contributed by atoms with Gasteiger partial charge in [-0.25, -0.2) is 4.39 Å². The standard InChI is InChI=1S/C27H28F7N3O3/c1-13(15-8-16(26(29,30)31)10-17(9-15)27(32,33)34)40-20-12-37-21(38)11-19(36-25(2,3)24(35)39)23(37)22(20)14-4-6-18(28)7-5-14/h4-10,13,19-20,22-23,36H,11-12H2,1-3H3,(H2,35,39)/t13-,19?,20+,22-,23+/m1/s1. The van der Waals surface area contributed by atoms with Gasteiger partial charge in [0, 0.05) is 24.9 Å². The lowest BCUT2D eigenvalue weighted by Gasteiger charge is -2.34. The summed E-state index contributed by atoms with van der Waals surface area (Å²) in [6, 6.07) is 5.41. The van der Waals surface area contributed by atoms with E-state index < -0.39 is 71.0 Å². The van der Waals surface area contributed by atoms with Gasteiger partial charge in [0.1, 0.15) is 5.82 Å². The number of hydrogen-bond acceptors (Lipinski definition) is 4. The maximum absolute atomic E-state index is 13.7. The normalized spacial score (nSPS) is 24.4. The van der Waals surface area contributed by atoms with Crippen LogP contribution in [0.3, 0.4) is 0 Å². The van der Waals surface area contributed by atoms with Crippen molar-refractivity contribution in [2.24, 2.45) is 5.73 Å². The molecule has 2 heterocycles. The molecule has 2 saturated heterocycles. The van der Waals surface area contributed by atoms with Crippen LogP contribution in [0.15, 0.2) is 42.5 Å². The predicted molar refractivity (Wildman–Crippen MR) is 129 cm³/mol. The molecule has 3 N–H and O–H groups in total. The fourth-order valence-corrected chi connectivity index (χ4v) is 5.45. The van der Waals surface area contributed by atoms with E-state index in [-0.39, 0.29) is 30.5 Å². The molecule has 0 spiro atoms. The summed E-state index contributed by atoms with van der Waals surface area (Å²) in [6.07, 6.45) is -12.1. The quantitative estimate of drug-likeness (QED) is 0.459. The molecule has 5 atom stereocenters. The van der Waals surface area contributed by atoms with E-state index in [9.17, 15) is 40.3 Å². The summed E-state index contributed by atoms with van der Waals surface area (Å²) in [7, 11) is 0. The molecule has 13 heteroatoms. The lowest BCUT2D eigenvalue weighted by molar-refractivity contribution is -0.143. The number of nitrogens with two attached hydrogens (primary N) is 1. The highest BCUT2D eigenvalue weighted by Crippen LogP contribution is 2.45. The molecule has 40 heavy (non-hydrogen) atoms. The van der Waals surface area contributed by atoms with Gasteiger partial charge in [-0.05, 0) is 62.2 Å². The van der Waals surface area contributed by atoms with E-state index in [2.05, 4.69) is 5.32 Å². The van der Waals surface area contributed by atoms with E-state index in [4.69, 9.17) is 10.5 Å². The number of halogens is 7. The zero-order valence-electron chi connectivity index (χ0n) is 21.7. The third kappa shape index (κ3) is 5.95. The van der Waals surface area contributed by atoms with Crippen molar-refractivity contribution >= 4 is 11.8 Å². The Kier molecular flexibility index (Phi) is 7.69. The first-order valence-corrected chi connectivity index (χ1v) is 12.5. The van der Waals surface area contributed by atoms with E-state index in [1.165, 1.54) is 36.1 Å². The zero-order chi connectivity index (χ0) is 29.8. The van der Waals surface area contributed by atoms with Crippen molar-refractivity contribution in [3.05, 3.63) is 70.5 Å². The van der Waals surface area contributed by atoms with Crippen molar-refractivity contribution in [1.29, 1.82) is 0 Å². The summed E-state index contributed by atoms with van der Waals surface area (Å²) in [5.74, 6) is -2.13. The number of fused-ring (bicyclic) bond motifs is 1. The second kappa shape index (κ2) is 10.3. The van der Waals surface area contributed by atoms with Crippen LogP contribution in [-0.4, -0.2) is 47.0 Å². The van der Waals surface area contributed by atoms with Crippen LogP contribution in [-0.2, 0) is 26.7 Å². The van der Waals surface area contributed by atoms with Crippen LogP contribution in [0, 0.1) is 5.82 Å². The van der Waals surface area contributed by atoms with Gasteiger partial charge in [0.05, 0.1) is 34.9 Å². The van der Waals surface area contributed by atoms with Gasteiger partial charge < -0.3 is 15.4 Å². The van der Waals surface area contributed by atoms with Gasteiger partial charge in [-0.2, -0.15) is 26.3 Å². The lowest BCUT2D eigenvalue weighted by Crippen LogP contribution is -2.57. The van der Waals surface area contributed by atoms with Gasteiger partial charge in [0.15, 0.2) is 0 Å². The number of amides is 2. The number of benzene rings is 2. The number of alkyl halides is 6. The van der Waals surface area contributed by atoms with Crippen molar-refractivity contribution < 1.29 is 45.1 Å². The number of carbonyl (C=O) groups is 2. The number of rotatable bonds is 7. The van der Waals surface area contributed by atoms with Crippen LogP contribution >= 0.6 is 0 Å². The largest absolute Gasteiger partial charge is 0.416 e. The van der Waals surface area contributed by atoms with Crippen LogP contribution in [0.2, 0.25) is 0 Å². The van der Waals surface area contributed by atoms with Crippen LogP contribution in [0.4, 0.5) is 30.7 Å². The van der Waals surface area contributed by atoms with E-state index in [0.717, 1.165) is 0 Å². The fourth-order valence-electron chi connectivity index (χ4n) is 5.45. The Morgan fingerprint density at radius 2 is 1.57 bits per heavy atom. The Hall–Kier alpha value is -3.19. The van der Waals surface area contributed by atoms with Gasteiger partial charge in [0.25, 0.3) is 0 Å². The van der Waals surface area contributed by atoms with Crippen LogP contribution in [0.1, 0.15) is 61.5 Å². The van der Waals surface area contributed by atoms with Gasteiger partial charge >= 0.3 is 12.4 Å². The molecular weight excluding hydrogens is 547 g/mol. The molecule has 0 bridgehead atoms. The summed E-state index contributed by atoms with van der Waals surface area (Å²) in [5.41, 5.74) is 1.56.